The van der Waals surface area contributed by atoms with Crippen LogP contribution in [0.4, 0.5) is 0 Å². The number of carbonyl (C=O) groups is 1. The van der Waals surface area contributed by atoms with E-state index in [1.165, 1.54) is 34.2 Å². The number of methoxy groups -OCH3 is 1. The average molecular weight is 472 g/mol. The molecule has 2 atom stereocenters. The molecule has 6 nitrogen and oxygen atoms in total. The number of hydrogen-bond acceptors (Lipinski definition) is 6. The zero-order chi connectivity index (χ0) is 22.8. The van der Waals surface area contributed by atoms with Crippen LogP contribution in [0.25, 0.3) is 10.2 Å². The Morgan fingerprint density at radius 3 is 2.94 bits per heavy atom. The van der Waals surface area contributed by atoms with Crippen LogP contribution in [0.1, 0.15) is 47.4 Å². The first-order valence-corrected chi connectivity index (χ1v) is 12.6. The van der Waals surface area contributed by atoms with Crippen LogP contribution in [-0.4, -0.2) is 34.4 Å². The lowest BCUT2D eigenvalue weighted by atomic mass is 9.88. The van der Waals surface area contributed by atoms with Crippen LogP contribution in [0.15, 0.2) is 34.2 Å². The third-order valence-electron chi connectivity index (χ3n) is 6.11. The Balaban J connectivity index is 1.58. The number of carbonyl (C=O) groups excluding carboxylic acids is 1. The predicted molar refractivity (Wildman–Crippen MR) is 131 cm³/mol. The highest BCUT2D eigenvalue weighted by atomic mass is 32.2. The summed E-state index contributed by atoms with van der Waals surface area (Å²) < 4.78 is 6.86. The summed E-state index contributed by atoms with van der Waals surface area (Å²) in [6.07, 6.45) is 3.06. The Morgan fingerprint density at radius 2 is 2.16 bits per heavy atom. The van der Waals surface area contributed by atoms with Crippen molar-refractivity contribution in [3.8, 4) is 0 Å². The van der Waals surface area contributed by atoms with Gasteiger partial charge in [0, 0.05) is 12.0 Å². The Morgan fingerprint density at radius 1 is 1.38 bits per heavy atom. The van der Waals surface area contributed by atoms with Crippen LogP contribution in [0.5, 0.6) is 0 Å². The SMILES string of the molecule is COCCn1c(S[C@H](C)C(=O)N[C@@H]2CCCc3ccccc32)nc2sc(C)c(C)c2c1=O. The number of benzene rings is 1. The Hall–Kier alpha value is -2.16. The molecule has 8 heteroatoms. The number of fused-ring (bicyclic) bond motifs is 2. The minimum Gasteiger partial charge on any atom is -0.383 e. The Labute approximate surface area is 196 Å². The van der Waals surface area contributed by atoms with Crippen molar-refractivity contribution in [3.05, 3.63) is 56.2 Å². The maximum atomic E-state index is 13.3. The molecule has 1 aliphatic carbocycles. The summed E-state index contributed by atoms with van der Waals surface area (Å²) in [4.78, 5) is 32.9. The summed E-state index contributed by atoms with van der Waals surface area (Å²) in [6.45, 7) is 6.65. The van der Waals surface area contributed by atoms with E-state index in [4.69, 9.17) is 9.72 Å². The van der Waals surface area contributed by atoms with Gasteiger partial charge in [-0.3, -0.25) is 14.2 Å². The van der Waals surface area contributed by atoms with Gasteiger partial charge in [0.1, 0.15) is 4.83 Å². The maximum absolute atomic E-state index is 13.3. The topological polar surface area (TPSA) is 73.2 Å². The normalized spacial score (nSPS) is 16.7. The van der Waals surface area contributed by atoms with Crippen molar-refractivity contribution in [2.75, 3.05) is 13.7 Å². The van der Waals surface area contributed by atoms with Crippen molar-refractivity contribution in [3.63, 3.8) is 0 Å². The summed E-state index contributed by atoms with van der Waals surface area (Å²) in [5, 5.41) is 4.07. The summed E-state index contributed by atoms with van der Waals surface area (Å²) in [5.74, 6) is -0.0390. The molecule has 0 aliphatic heterocycles. The van der Waals surface area contributed by atoms with E-state index < -0.39 is 0 Å². The minimum atomic E-state index is -0.385. The summed E-state index contributed by atoms with van der Waals surface area (Å²) in [6, 6.07) is 8.36. The monoisotopic (exact) mass is 471 g/mol. The fourth-order valence-corrected chi connectivity index (χ4v) is 6.20. The quantitative estimate of drug-likeness (QED) is 0.409. The number of nitrogens with one attached hydrogen (secondary N) is 1. The van der Waals surface area contributed by atoms with Crippen LogP contribution in [0.2, 0.25) is 0 Å². The largest absolute Gasteiger partial charge is 0.383 e. The number of thiophene rings is 1. The summed E-state index contributed by atoms with van der Waals surface area (Å²) in [7, 11) is 1.61. The summed E-state index contributed by atoms with van der Waals surface area (Å²) in [5.41, 5.74) is 3.44. The van der Waals surface area contributed by atoms with Gasteiger partial charge in [-0.15, -0.1) is 11.3 Å². The first-order valence-electron chi connectivity index (χ1n) is 10.9. The molecule has 1 amide bonds. The van der Waals surface area contributed by atoms with Crippen molar-refractivity contribution < 1.29 is 9.53 Å². The van der Waals surface area contributed by atoms with E-state index in [0.29, 0.717) is 23.7 Å². The molecule has 0 fully saturated rings. The maximum Gasteiger partial charge on any atom is 0.263 e. The molecule has 32 heavy (non-hydrogen) atoms. The number of ether oxygens (including phenoxy) is 1. The first-order chi connectivity index (χ1) is 15.4. The smallest absolute Gasteiger partial charge is 0.263 e. The molecule has 0 saturated carbocycles. The highest BCUT2D eigenvalue weighted by Crippen LogP contribution is 2.32. The molecule has 0 bridgehead atoms. The highest BCUT2D eigenvalue weighted by molar-refractivity contribution is 8.00. The van der Waals surface area contributed by atoms with Crippen molar-refractivity contribution in [2.24, 2.45) is 0 Å². The third-order valence-corrected chi connectivity index (χ3v) is 8.30. The number of rotatable bonds is 7. The van der Waals surface area contributed by atoms with Crippen LogP contribution < -0.4 is 10.9 Å². The van der Waals surface area contributed by atoms with Gasteiger partial charge in [0.15, 0.2) is 5.16 Å². The van der Waals surface area contributed by atoms with E-state index in [9.17, 15) is 9.59 Å². The summed E-state index contributed by atoms with van der Waals surface area (Å²) >= 11 is 2.86. The van der Waals surface area contributed by atoms with Gasteiger partial charge < -0.3 is 10.1 Å². The lowest BCUT2D eigenvalue weighted by Crippen LogP contribution is -2.36. The number of nitrogens with zero attached hydrogens (tertiary/aromatic N) is 2. The van der Waals surface area contributed by atoms with Gasteiger partial charge in [-0.05, 0) is 56.7 Å². The number of thioether (sulfide) groups is 1. The van der Waals surface area contributed by atoms with Gasteiger partial charge in [-0.2, -0.15) is 0 Å². The second kappa shape index (κ2) is 9.77. The number of hydrogen-bond donors (Lipinski definition) is 1. The molecule has 170 valence electrons. The lowest BCUT2D eigenvalue weighted by molar-refractivity contribution is -0.121. The first kappa shape index (κ1) is 23.0. The van der Waals surface area contributed by atoms with Gasteiger partial charge in [-0.25, -0.2) is 4.98 Å². The van der Waals surface area contributed by atoms with Gasteiger partial charge in [0.2, 0.25) is 5.91 Å². The zero-order valence-electron chi connectivity index (χ0n) is 18.9. The number of amides is 1. The van der Waals surface area contributed by atoms with Crippen LogP contribution in [0, 0.1) is 13.8 Å². The van der Waals surface area contributed by atoms with Crippen molar-refractivity contribution in [1.82, 2.24) is 14.9 Å². The molecule has 1 N–H and O–H groups in total. The molecular weight excluding hydrogens is 442 g/mol. The molecule has 0 spiro atoms. The fourth-order valence-electron chi connectivity index (χ4n) is 4.18. The molecular formula is C24H29N3O3S2. The molecule has 2 heterocycles. The van der Waals surface area contributed by atoms with E-state index in [0.717, 1.165) is 34.5 Å². The van der Waals surface area contributed by atoms with Gasteiger partial charge in [-0.1, -0.05) is 36.0 Å². The molecule has 1 aromatic carbocycles. The number of aryl methyl sites for hydroxylation is 3. The van der Waals surface area contributed by atoms with Crippen molar-refractivity contribution in [1.29, 1.82) is 0 Å². The minimum absolute atomic E-state index is 0.0317. The molecule has 2 aromatic heterocycles. The van der Waals surface area contributed by atoms with E-state index in [-0.39, 0.29) is 22.8 Å². The lowest BCUT2D eigenvalue weighted by Gasteiger charge is -2.27. The molecule has 0 unspecified atom stereocenters. The van der Waals surface area contributed by atoms with E-state index in [2.05, 4.69) is 23.5 Å². The van der Waals surface area contributed by atoms with Crippen molar-refractivity contribution in [2.45, 2.75) is 63.0 Å². The number of aromatic nitrogens is 2. The second-order valence-corrected chi connectivity index (χ2v) is 10.7. The van der Waals surface area contributed by atoms with Crippen LogP contribution in [-0.2, 0) is 22.5 Å². The standard InChI is InChI=1S/C24H29N3O3S2/c1-14-15(2)31-22-20(14)23(29)27(12-13-30-4)24(26-22)32-16(3)21(28)25-19-11-7-9-17-8-5-6-10-18(17)19/h5-6,8,10,16,19H,7,9,11-13H2,1-4H3,(H,25,28)/t16-,19-/m1/s1. The molecule has 1 aliphatic rings. The second-order valence-electron chi connectivity index (χ2n) is 8.22. The van der Waals surface area contributed by atoms with Gasteiger partial charge in [0.25, 0.3) is 5.56 Å². The van der Waals surface area contributed by atoms with Crippen molar-refractivity contribution >= 4 is 39.2 Å². The zero-order valence-corrected chi connectivity index (χ0v) is 20.6. The molecule has 3 aromatic rings. The van der Waals surface area contributed by atoms with Gasteiger partial charge in [0.05, 0.1) is 29.8 Å². The van der Waals surface area contributed by atoms with Crippen LogP contribution >= 0.6 is 23.1 Å². The third kappa shape index (κ3) is 4.49. The van der Waals surface area contributed by atoms with Crippen LogP contribution in [0.3, 0.4) is 0 Å². The van der Waals surface area contributed by atoms with E-state index >= 15 is 0 Å². The molecule has 0 radical (unpaired) electrons. The fraction of sp³-hybridized carbons (Fsp3) is 0.458. The Bertz CT molecular complexity index is 1200. The Kier molecular flexibility index (Phi) is 7.02. The predicted octanol–water partition coefficient (Wildman–Crippen LogP) is 4.40. The van der Waals surface area contributed by atoms with E-state index in [1.54, 1.807) is 11.7 Å². The van der Waals surface area contributed by atoms with Gasteiger partial charge >= 0.3 is 0 Å². The average Bonchev–Trinajstić information content (AvgIpc) is 3.07. The highest BCUT2D eigenvalue weighted by Gasteiger charge is 2.26. The van der Waals surface area contributed by atoms with E-state index in [1.807, 2.05) is 26.8 Å². The molecule has 4 rings (SSSR count). The molecule has 0 saturated heterocycles.